The van der Waals surface area contributed by atoms with Crippen LogP contribution in [0.4, 0.5) is 15.8 Å². The number of hydrogen-bond donors (Lipinski definition) is 2. The SMILES string of the molecule is O=C(CCCOc1ccc(Cl)cc1Cl)Nc1ccc(S(=O)(=O)Nc2ccc(F)cc2)cc1. The van der Waals surface area contributed by atoms with Crippen molar-refractivity contribution in [2.45, 2.75) is 17.7 Å². The molecule has 2 N–H and O–H groups in total. The van der Waals surface area contributed by atoms with Crippen molar-refractivity contribution in [3.05, 3.63) is 82.6 Å². The van der Waals surface area contributed by atoms with Gasteiger partial charge < -0.3 is 10.1 Å². The van der Waals surface area contributed by atoms with E-state index in [4.69, 9.17) is 27.9 Å². The average molecular weight is 497 g/mol. The van der Waals surface area contributed by atoms with Crippen LogP contribution in [0.15, 0.2) is 71.6 Å². The summed E-state index contributed by atoms with van der Waals surface area (Å²) in [5, 5.41) is 3.60. The lowest BCUT2D eigenvalue weighted by molar-refractivity contribution is -0.116. The number of carbonyl (C=O) groups is 1. The number of carbonyl (C=O) groups excluding carboxylic acids is 1. The highest BCUT2D eigenvalue weighted by Crippen LogP contribution is 2.27. The second-order valence-corrected chi connectivity index (χ2v) is 9.24. The Hall–Kier alpha value is -2.81. The van der Waals surface area contributed by atoms with Gasteiger partial charge in [0.1, 0.15) is 11.6 Å². The first-order valence-corrected chi connectivity index (χ1v) is 11.7. The highest BCUT2D eigenvalue weighted by Gasteiger charge is 2.14. The predicted molar refractivity (Wildman–Crippen MR) is 123 cm³/mol. The zero-order chi connectivity index (χ0) is 23.1. The number of halogens is 3. The molecular formula is C22H19Cl2FN2O4S. The quantitative estimate of drug-likeness (QED) is 0.370. The Morgan fingerprint density at radius 2 is 1.59 bits per heavy atom. The molecule has 3 aromatic rings. The third-order valence-electron chi connectivity index (χ3n) is 4.24. The van der Waals surface area contributed by atoms with E-state index < -0.39 is 15.8 Å². The molecule has 3 aromatic carbocycles. The number of rotatable bonds is 9. The molecule has 0 aromatic heterocycles. The third kappa shape index (κ3) is 6.85. The number of sulfonamides is 1. The van der Waals surface area contributed by atoms with Gasteiger partial charge in [-0.25, -0.2) is 12.8 Å². The molecule has 0 heterocycles. The van der Waals surface area contributed by atoms with Crippen LogP contribution >= 0.6 is 23.2 Å². The largest absolute Gasteiger partial charge is 0.492 e. The monoisotopic (exact) mass is 496 g/mol. The summed E-state index contributed by atoms with van der Waals surface area (Å²) in [5.74, 6) is -0.216. The minimum absolute atomic E-state index is 0.00747. The van der Waals surface area contributed by atoms with E-state index in [0.29, 0.717) is 34.5 Å². The summed E-state index contributed by atoms with van der Waals surface area (Å²) < 4.78 is 45.7. The van der Waals surface area contributed by atoms with Crippen LogP contribution in [0, 0.1) is 5.82 Å². The first-order valence-electron chi connectivity index (χ1n) is 9.49. The maximum absolute atomic E-state index is 13.0. The van der Waals surface area contributed by atoms with Gasteiger partial charge in [0.25, 0.3) is 10.0 Å². The predicted octanol–water partition coefficient (Wildman–Crippen LogP) is 5.73. The fourth-order valence-electron chi connectivity index (χ4n) is 2.68. The Balaban J connectivity index is 1.48. The van der Waals surface area contributed by atoms with Gasteiger partial charge in [-0.3, -0.25) is 9.52 Å². The molecule has 3 rings (SSSR count). The van der Waals surface area contributed by atoms with Gasteiger partial charge in [-0.15, -0.1) is 0 Å². The summed E-state index contributed by atoms with van der Waals surface area (Å²) in [6.07, 6.45) is 0.663. The van der Waals surface area contributed by atoms with E-state index in [9.17, 15) is 17.6 Å². The van der Waals surface area contributed by atoms with Crippen molar-refractivity contribution in [2.24, 2.45) is 0 Å². The van der Waals surface area contributed by atoms with Gasteiger partial charge in [0, 0.05) is 22.8 Å². The molecule has 0 bridgehead atoms. The summed E-state index contributed by atoms with van der Waals surface area (Å²) in [6.45, 7) is 0.293. The van der Waals surface area contributed by atoms with Gasteiger partial charge >= 0.3 is 0 Å². The minimum atomic E-state index is -3.84. The molecule has 0 radical (unpaired) electrons. The first kappa shape index (κ1) is 23.8. The van der Waals surface area contributed by atoms with Crippen molar-refractivity contribution in [2.75, 3.05) is 16.6 Å². The Morgan fingerprint density at radius 3 is 2.25 bits per heavy atom. The molecule has 168 valence electrons. The number of ether oxygens (including phenoxy) is 1. The minimum Gasteiger partial charge on any atom is -0.492 e. The van der Waals surface area contributed by atoms with Crippen LogP contribution in [0.3, 0.4) is 0 Å². The van der Waals surface area contributed by atoms with Crippen LogP contribution in [-0.2, 0) is 14.8 Å². The van der Waals surface area contributed by atoms with Crippen molar-refractivity contribution in [1.29, 1.82) is 0 Å². The molecule has 10 heteroatoms. The molecule has 6 nitrogen and oxygen atoms in total. The number of nitrogens with one attached hydrogen (secondary N) is 2. The lowest BCUT2D eigenvalue weighted by Crippen LogP contribution is -2.14. The number of amides is 1. The van der Waals surface area contributed by atoms with E-state index in [-0.39, 0.29) is 22.9 Å². The highest BCUT2D eigenvalue weighted by atomic mass is 35.5. The summed E-state index contributed by atoms with van der Waals surface area (Å²) in [4.78, 5) is 12.1. The lowest BCUT2D eigenvalue weighted by Gasteiger charge is -2.10. The second kappa shape index (κ2) is 10.7. The van der Waals surface area contributed by atoms with Crippen LogP contribution in [0.1, 0.15) is 12.8 Å². The summed E-state index contributed by atoms with van der Waals surface area (Å²) in [5.41, 5.74) is 0.697. The summed E-state index contributed by atoms with van der Waals surface area (Å²) in [7, 11) is -3.84. The maximum Gasteiger partial charge on any atom is 0.261 e. The number of anilines is 2. The molecule has 32 heavy (non-hydrogen) atoms. The Bertz CT molecular complexity index is 1190. The summed E-state index contributed by atoms with van der Waals surface area (Å²) in [6, 6.07) is 15.6. The molecule has 0 fully saturated rings. The normalized spacial score (nSPS) is 11.1. The molecule has 0 unspecified atom stereocenters. The maximum atomic E-state index is 13.0. The van der Waals surface area contributed by atoms with Gasteiger partial charge in [0.2, 0.25) is 5.91 Å². The van der Waals surface area contributed by atoms with Crippen molar-refractivity contribution >= 4 is 50.5 Å². The van der Waals surface area contributed by atoms with Gasteiger partial charge in [-0.2, -0.15) is 0 Å². The van der Waals surface area contributed by atoms with E-state index in [2.05, 4.69) is 10.0 Å². The van der Waals surface area contributed by atoms with Crippen LogP contribution in [-0.4, -0.2) is 20.9 Å². The summed E-state index contributed by atoms with van der Waals surface area (Å²) >= 11 is 11.9. The number of benzene rings is 3. The van der Waals surface area contributed by atoms with E-state index in [1.165, 1.54) is 36.4 Å². The second-order valence-electron chi connectivity index (χ2n) is 6.71. The molecule has 0 saturated heterocycles. The highest BCUT2D eigenvalue weighted by molar-refractivity contribution is 7.92. The average Bonchev–Trinajstić information content (AvgIpc) is 2.74. The number of hydrogen-bond acceptors (Lipinski definition) is 4. The zero-order valence-corrected chi connectivity index (χ0v) is 19.0. The van der Waals surface area contributed by atoms with Crippen LogP contribution < -0.4 is 14.8 Å². The van der Waals surface area contributed by atoms with Crippen molar-refractivity contribution < 1.29 is 22.3 Å². The molecule has 0 atom stereocenters. The molecule has 0 aliphatic rings. The molecule has 0 saturated carbocycles. The lowest BCUT2D eigenvalue weighted by atomic mass is 10.2. The van der Waals surface area contributed by atoms with Crippen molar-refractivity contribution in [3.63, 3.8) is 0 Å². The molecule has 0 aliphatic heterocycles. The van der Waals surface area contributed by atoms with E-state index in [1.54, 1.807) is 18.2 Å². The standard InChI is InChI=1S/C22H19Cl2FN2O4S/c23-15-3-12-21(20(24)14-15)31-13-1-2-22(28)26-17-8-10-19(11-9-17)32(29,30)27-18-6-4-16(25)5-7-18/h3-12,14,27H,1-2,13H2,(H,26,28). The van der Waals surface area contributed by atoms with E-state index >= 15 is 0 Å². The fourth-order valence-corrected chi connectivity index (χ4v) is 4.20. The molecule has 1 amide bonds. The topological polar surface area (TPSA) is 84.5 Å². The van der Waals surface area contributed by atoms with Crippen LogP contribution in [0.2, 0.25) is 10.0 Å². The van der Waals surface area contributed by atoms with Crippen LogP contribution in [0.5, 0.6) is 5.75 Å². The van der Waals surface area contributed by atoms with Gasteiger partial charge in [0.15, 0.2) is 0 Å². The van der Waals surface area contributed by atoms with E-state index in [0.717, 1.165) is 12.1 Å². The fraction of sp³-hybridized carbons (Fsp3) is 0.136. The van der Waals surface area contributed by atoms with E-state index in [1.807, 2.05) is 0 Å². The van der Waals surface area contributed by atoms with Gasteiger partial charge in [-0.05, 0) is 73.2 Å². The Kier molecular flexibility index (Phi) is 7.95. The Morgan fingerprint density at radius 1 is 0.938 bits per heavy atom. The molecule has 0 aliphatic carbocycles. The van der Waals surface area contributed by atoms with Crippen LogP contribution in [0.25, 0.3) is 0 Å². The molecule has 0 spiro atoms. The van der Waals surface area contributed by atoms with Crippen molar-refractivity contribution in [3.8, 4) is 5.75 Å². The van der Waals surface area contributed by atoms with Crippen molar-refractivity contribution in [1.82, 2.24) is 0 Å². The third-order valence-corrected chi connectivity index (χ3v) is 6.17. The Labute approximate surface area is 195 Å². The smallest absolute Gasteiger partial charge is 0.261 e. The zero-order valence-electron chi connectivity index (χ0n) is 16.6. The molecular weight excluding hydrogens is 478 g/mol. The first-order chi connectivity index (χ1) is 15.2. The van der Waals surface area contributed by atoms with Gasteiger partial charge in [0.05, 0.1) is 16.5 Å². The van der Waals surface area contributed by atoms with Gasteiger partial charge in [-0.1, -0.05) is 23.2 Å².